The molecule has 24 heavy (non-hydrogen) atoms. The topological polar surface area (TPSA) is 77.5 Å². The first kappa shape index (κ1) is 18.5. The summed E-state index contributed by atoms with van der Waals surface area (Å²) in [5.74, 6) is 0.512. The zero-order valence-electron chi connectivity index (χ0n) is 14.0. The molecule has 0 radical (unpaired) electrons. The van der Waals surface area contributed by atoms with Gasteiger partial charge in [0.05, 0.1) is 4.90 Å². The fraction of sp³-hybridized carbons (Fsp3) is 0.294. The second-order valence-corrected chi connectivity index (χ2v) is 9.52. The fourth-order valence-corrected chi connectivity index (χ4v) is 3.70. The van der Waals surface area contributed by atoms with Crippen molar-refractivity contribution in [2.75, 3.05) is 6.26 Å². The van der Waals surface area contributed by atoms with E-state index in [2.05, 4.69) is 0 Å². The van der Waals surface area contributed by atoms with E-state index < -0.39 is 20.0 Å². The lowest BCUT2D eigenvalue weighted by Gasteiger charge is -2.13. The van der Waals surface area contributed by atoms with Gasteiger partial charge in [0, 0.05) is 6.26 Å². The van der Waals surface area contributed by atoms with Crippen LogP contribution in [0.1, 0.15) is 30.9 Å². The minimum Gasteiger partial charge on any atom is -0.379 e. The molecule has 2 rings (SSSR count). The molecule has 0 saturated carbocycles. The first-order chi connectivity index (χ1) is 11.0. The van der Waals surface area contributed by atoms with Crippen molar-refractivity contribution >= 4 is 20.0 Å². The quantitative estimate of drug-likeness (QED) is 0.757. The highest BCUT2D eigenvalue weighted by Gasteiger charge is 2.19. The van der Waals surface area contributed by atoms with Crippen molar-refractivity contribution in [2.45, 2.75) is 36.5 Å². The lowest BCUT2D eigenvalue weighted by atomic mass is 10.0. The second kappa shape index (κ2) is 6.57. The zero-order chi connectivity index (χ0) is 18.1. The second-order valence-electron chi connectivity index (χ2n) is 5.96. The number of hydrogen-bond acceptors (Lipinski definition) is 5. The predicted molar refractivity (Wildman–Crippen MR) is 92.6 cm³/mol. The van der Waals surface area contributed by atoms with Crippen molar-refractivity contribution in [2.24, 2.45) is 0 Å². The van der Waals surface area contributed by atoms with Gasteiger partial charge in [0.15, 0.2) is 9.84 Å². The van der Waals surface area contributed by atoms with E-state index in [4.69, 9.17) is 4.18 Å². The molecule has 130 valence electrons. The highest BCUT2D eigenvalue weighted by Crippen LogP contribution is 2.27. The van der Waals surface area contributed by atoms with E-state index in [0.29, 0.717) is 5.56 Å². The summed E-state index contributed by atoms with van der Waals surface area (Å²) in [6, 6.07) is 10.4. The molecule has 0 aromatic heterocycles. The van der Waals surface area contributed by atoms with Crippen LogP contribution in [0.25, 0.3) is 0 Å². The third kappa shape index (κ3) is 4.15. The Morgan fingerprint density at radius 1 is 0.875 bits per heavy atom. The van der Waals surface area contributed by atoms with Gasteiger partial charge in [-0.1, -0.05) is 26.0 Å². The van der Waals surface area contributed by atoms with Crippen molar-refractivity contribution in [3.8, 4) is 5.75 Å². The average molecular weight is 368 g/mol. The summed E-state index contributed by atoms with van der Waals surface area (Å²) in [4.78, 5) is -0.0383. The number of rotatable bonds is 5. The van der Waals surface area contributed by atoms with Gasteiger partial charge in [-0.3, -0.25) is 0 Å². The molecule has 0 amide bonds. The minimum absolute atomic E-state index is 0.0550. The summed E-state index contributed by atoms with van der Waals surface area (Å²) >= 11 is 0. The zero-order valence-corrected chi connectivity index (χ0v) is 15.6. The normalized spacial score (nSPS) is 12.4. The largest absolute Gasteiger partial charge is 0.379 e. The van der Waals surface area contributed by atoms with Crippen molar-refractivity contribution in [1.82, 2.24) is 0 Å². The van der Waals surface area contributed by atoms with Crippen LogP contribution >= 0.6 is 0 Å². The molecule has 0 aliphatic rings. The Bertz CT molecular complexity index is 941. The smallest absolute Gasteiger partial charge is 0.339 e. The summed E-state index contributed by atoms with van der Waals surface area (Å²) in [7, 11) is -7.42. The van der Waals surface area contributed by atoms with Crippen LogP contribution in [0.5, 0.6) is 5.75 Å². The van der Waals surface area contributed by atoms with Crippen LogP contribution in [-0.4, -0.2) is 23.1 Å². The van der Waals surface area contributed by atoms with Crippen LogP contribution in [0.4, 0.5) is 0 Å². The molecule has 0 bridgehead atoms. The Balaban J connectivity index is 2.37. The first-order valence-corrected chi connectivity index (χ1v) is 10.7. The summed E-state index contributed by atoms with van der Waals surface area (Å²) in [5.41, 5.74) is 1.67. The highest BCUT2D eigenvalue weighted by atomic mass is 32.2. The number of sulfone groups is 1. The minimum atomic E-state index is -4.04. The number of aryl methyl sites for hydroxylation is 1. The predicted octanol–water partition coefficient (Wildman–Crippen LogP) is 3.29. The van der Waals surface area contributed by atoms with E-state index in [0.717, 1.165) is 11.8 Å². The number of hydrogen-bond donors (Lipinski definition) is 0. The van der Waals surface area contributed by atoms with Crippen molar-refractivity contribution in [3.63, 3.8) is 0 Å². The van der Waals surface area contributed by atoms with Crippen molar-refractivity contribution in [3.05, 3.63) is 53.6 Å². The summed E-state index contributed by atoms with van der Waals surface area (Å²) in [6.07, 6.45) is 1.06. The number of benzene rings is 2. The first-order valence-electron chi connectivity index (χ1n) is 7.36. The monoisotopic (exact) mass is 368 g/mol. The molecule has 5 nitrogen and oxygen atoms in total. The van der Waals surface area contributed by atoms with Gasteiger partial charge < -0.3 is 4.18 Å². The van der Waals surface area contributed by atoms with Gasteiger partial charge in [0.25, 0.3) is 0 Å². The van der Waals surface area contributed by atoms with Crippen LogP contribution in [0.2, 0.25) is 0 Å². The summed E-state index contributed by atoms with van der Waals surface area (Å²) < 4.78 is 53.0. The van der Waals surface area contributed by atoms with Crippen LogP contribution in [0.15, 0.2) is 52.3 Å². The Labute approximate surface area is 143 Å². The van der Waals surface area contributed by atoms with Gasteiger partial charge >= 0.3 is 10.1 Å². The molecular weight excluding hydrogens is 348 g/mol. The van der Waals surface area contributed by atoms with Crippen LogP contribution in [0.3, 0.4) is 0 Å². The summed E-state index contributed by atoms with van der Waals surface area (Å²) in [6.45, 7) is 5.78. The Morgan fingerprint density at radius 2 is 1.42 bits per heavy atom. The van der Waals surface area contributed by atoms with E-state index in [-0.39, 0.29) is 21.5 Å². The van der Waals surface area contributed by atoms with Crippen LogP contribution in [-0.2, 0) is 20.0 Å². The van der Waals surface area contributed by atoms with Crippen LogP contribution < -0.4 is 4.18 Å². The molecule has 0 heterocycles. The van der Waals surface area contributed by atoms with Gasteiger partial charge in [-0.25, -0.2) is 8.42 Å². The third-order valence-corrected chi connectivity index (χ3v) is 6.00. The molecule has 0 fully saturated rings. The molecule has 0 atom stereocenters. The Morgan fingerprint density at radius 3 is 1.92 bits per heavy atom. The molecule has 0 N–H and O–H groups in total. The van der Waals surface area contributed by atoms with Crippen LogP contribution in [0, 0.1) is 6.92 Å². The SMILES string of the molecule is Cc1ccc(C(C)C)cc1OS(=O)(=O)c1ccc(S(C)(=O)=O)cc1. The standard InChI is InChI=1S/C17H20O5S2/c1-12(2)14-6-5-13(3)17(11-14)22-24(20,21)16-9-7-15(8-10-16)23(4,18)19/h5-12H,1-4H3. The maximum Gasteiger partial charge on any atom is 0.339 e. The average Bonchev–Trinajstić information content (AvgIpc) is 2.48. The van der Waals surface area contributed by atoms with Gasteiger partial charge in [-0.05, 0) is 54.3 Å². The van der Waals surface area contributed by atoms with Crippen molar-refractivity contribution < 1.29 is 21.0 Å². The van der Waals surface area contributed by atoms with E-state index in [9.17, 15) is 16.8 Å². The lowest BCUT2D eigenvalue weighted by molar-refractivity contribution is 0.483. The molecule has 2 aromatic rings. The van der Waals surface area contributed by atoms with E-state index in [1.54, 1.807) is 13.0 Å². The molecule has 0 saturated heterocycles. The maximum absolute atomic E-state index is 12.4. The molecule has 0 aliphatic carbocycles. The van der Waals surface area contributed by atoms with Crippen molar-refractivity contribution in [1.29, 1.82) is 0 Å². The van der Waals surface area contributed by atoms with Gasteiger partial charge in [-0.2, -0.15) is 8.42 Å². The fourth-order valence-electron chi connectivity index (χ4n) is 2.09. The molecule has 0 spiro atoms. The lowest BCUT2D eigenvalue weighted by Crippen LogP contribution is -2.11. The molecule has 7 heteroatoms. The van der Waals surface area contributed by atoms with Gasteiger partial charge in [-0.15, -0.1) is 0 Å². The molecule has 0 aliphatic heterocycles. The molecule has 0 unspecified atom stereocenters. The Kier molecular flexibility index (Phi) is 5.05. The van der Waals surface area contributed by atoms with Gasteiger partial charge in [0.1, 0.15) is 10.6 Å². The maximum atomic E-state index is 12.4. The highest BCUT2D eigenvalue weighted by molar-refractivity contribution is 7.90. The molecular formula is C17H20O5S2. The van der Waals surface area contributed by atoms with E-state index in [1.807, 2.05) is 26.0 Å². The van der Waals surface area contributed by atoms with E-state index in [1.165, 1.54) is 24.3 Å². The third-order valence-electron chi connectivity index (χ3n) is 3.62. The Hall–Kier alpha value is -1.86. The van der Waals surface area contributed by atoms with E-state index >= 15 is 0 Å². The summed E-state index contributed by atoms with van der Waals surface area (Å²) in [5, 5.41) is 0. The van der Waals surface area contributed by atoms with Gasteiger partial charge in [0.2, 0.25) is 0 Å². The molecule has 2 aromatic carbocycles.